The minimum absolute atomic E-state index is 0.130. The smallest absolute Gasteiger partial charge is 0.176 e. The predicted molar refractivity (Wildman–Crippen MR) is 111 cm³/mol. The second-order valence-electron chi connectivity index (χ2n) is 6.96. The monoisotopic (exact) mass is 353 g/mol. The van der Waals surface area contributed by atoms with E-state index in [1.165, 1.54) is 16.5 Å². The minimum Gasteiger partial charge on any atom is -0.333 e. The molecular weight excluding hydrogens is 330 g/mol. The van der Waals surface area contributed by atoms with Crippen LogP contribution in [0.15, 0.2) is 84.9 Å². The maximum Gasteiger partial charge on any atom is 0.176 e. The van der Waals surface area contributed by atoms with Gasteiger partial charge in [-0.3, -0.25) is 4.79 Å². The van der Waals surface area contributed by atoms with Crippen molar-refractivity contribution in [1.29, 1.82) is 0 Å². The first-order valence-corrected chi connectivity index (χ1v) is 9.43. The zero-order valence-corrected chi connectivity index (χ0v) is 15.6. The van der Waals surface area contributed by atoms with Crippen molar-refractivity contribution < 1.29 is 4.79 Å². The Morgan fingerprint density at radius 2 is 1.33 bits per heavy atom. The van der Waals surface area contributed by atoms with E-state index in [4.69, 9.17) is 0 Å². The van der Waals surface area contributed by atoms with Crippen LogP contribution in [0.4, 0.5) is 0 Å². The standard InChI is InChI=1S/C25H23NO/c1-19(27)25-23(17-16-20-10-4-2-5-11-20)22-14-8-9-15-24(22)26(25)18-21-12-6-3-7-13-21/h2-15H,16-18H2,1H3. The molecule has 2 nitrogen and oxygen atoms in total. The van der Waals surface area contributed by atoms with Crippen molar-refractivity contribution >= 4 is 16.7 Å². The highest BCUT2D eigenvalue weighted by molar-refractivity contribution is 6.01. The van der Waals surface area contributed by atoms with Crippen LogP contribution in [-0.2, 0) is 19.4 Å². The minimum atomic E-state index is 0.130. The fraction of sp³-hybridized carbons (Fsp3) is 0.160. The number of benzene rings is 3. The van der Waals surface area contributed by atoms with Gasteiger partial charge in [-0.05, 0) is 35.6 Å². The maximum absolute atomic E-state index is 12.6. The number of rotatable bonds is 6. The average molecular weight is 353 g/mol. The SMILES string of the molecule is CC(=O)c1c(CCc2ccccc2)c2ccccc2n1Cc1ccccc1. The van der Waals surface area contributed by atoms with Crippen molar-refractivity contribution in [3.8, 4) is 0 Å². The van der Waals surface area contributed by atoms with Crippen LogP contribution in [0.25, 0.3) is 10.9 Å². The van der Waals surface area contributed by atoms with Crippen LogP contribution in [0, 0.1) is 0 Å². The molecule has 0 fully saturated rings. The maximum atomic E-state index is 12.6. The number of aromatic nitrogens is 1. The third-order valence-electron chi connectivity index (χ3n) is 5.10. The van der Waals surface area contributed by atoms with Crippen molar-refractivity contribution in [2.24, 2.45) is 0 Å². The quantitative estimate of drug-likeness (QED) is 0.409. The first-order valence-electron chi connectivity index (χ1n) is 9.43. The Morgan fingerprint density at radius 3 is 2.00 bits per heavy atom. The predicted octanol–water partition coefficient (Wildman–Crippen LogP) is 5.68. The van der Waals surface area contributed by atoms with Crippen LogP contribution in [0.2, 0.25) is 0 Å². The van der Waals surface area contributed by atoms with Crippen molar-refractivity contribution in [1.82, 2.24) is 4.57 Å². The molecule has 0 atom stereocenters. The van der Waals surface area contributed by atoms with Crippen LogP contribution in [0.3, 0.4) is 0 Å². The highest BCUT2D eigenvalue weighted by Gasteiger charge is 2.20. The third-order valence-corrected chi connectivity index (χ3v) is 5.10. The molecule has 0 bridgehead atoms. The number of aryl methyl sites for hydroxylation is 2. The van der Waals surface area contributed by atoms with Gasteiger partial charge in [-0.15, -0.1) is 0 Å². The summed E-state index contributed by atoms with van der Waals surface area (Å²) in [6, 6.07) is 29.2. The molecule has 4 aromatic rings. The molecule has 0 saturated carbocycles. The molecular formula is C25H23NO. The molecule has 2 heteroatoms. The lowest BCUT2D eigenvalue weighted by Gasteiger charge is -2.10. The Morgan fingerprint density at radius 1 is 0.741 bits per heavy atom. The highest BCUT2D eigenvalue weighted by Crippen LogP contribution is 2.29. The Hall–Kier alpha value is -3.13. The largest absolute Gasteiger partial charge is 0.333 e. The molecule has 1 heterocycles. The highest BCUT2D eigenvalue weighted by atomic mass is 16.1. The van der Waals surface area contributed by atoms with Crippen molar-refractivity contribution in [2.75, 3.05) is 0 Å². The number of fused-ring (bicyclic) bond motifs is 1. The number of hydrogen-bond donors (Lipinski definition) is 0. The Kier molecular flexibility index (Phi) is 4.88. The van der Waals surface area contributed by atoms with Crippen molar-refractivity contribution in [2.45, 2.75) is 26.3 Å². The van der Waals surface area contributed by atoms with E-state index in [-0.39, 0.29) is 5.78 Å². The van der Waals surface area contributed by atoms with Gasteiger partial charge in [0.1, 0.15) is 0 Å². The van der Waals surface area contributed by atoms with Crippen LogP contribution in [0.1, 0.15) is 34.1 Å². The van der Waals surface area contributed by atoms with E-state index in [1.54, 1.807) is 6.92 Å². The molecule has 0 aliphatic carbocycles. The second kappa shape index (κ2) is 7.63. The number of carbonyl (C=O) groups excluding carboxylic acids is 1. The summed E-state index contributed by atoms with van der Waals surface area (Å²) in [4.78, 5) is 12.6. The van der Waals surface area contributed by atoms with Gasteiger partial charge in [0.05, 0.1) is 5.69 Å². The number of ketones is 1. The van der Waals surface area contributed by atoms with E-state index in [1.807, 2.05) is 24.3 Å². The number of nitrogens with zero attached hydrogens (tertiary/aromatic N) is 1. The summed E-state index contributed by atoms with van der Waals surface area (Å²) >= 11 is 0. The third kappa shape index (κ3) is 3.56. The van der Waals surface area contributed by atoms with Crippen molar-refractivity contribution in [3.05, 3.63) is 107 Å². The van der Waals surface area contributed by atoms with Crippen LogP contribution < -0.4 is 0 Å². The van der Waals surface area contributed by atoms with E-state index in [9.17, 15) is 4.79 Å². The summed E-state index contributed by atoms with van der Waals surface area (Å²) < 4.78 is 2.19. The topological polar surface area (TPSA) is 22.0 Å². The Bertz CT molecular complexity index is 1060. The molecule has 0 amide bonds. The lowest BCUT2D eigenvalue weighted by Crippen LogP contribution is -2.10. The second-order valence-corrected chi connectivity index (χ2v) is 6.96. The van der Waals surface area contributed by atoms with E-state index >= 15 is 0 Å². The van der Waals surface area contributed by atoms with Gasteiger partial charge in [0, 0.05) is 24.4 Å². The molecule has 0 aliphatic rings. The first-order chi connectivity index (χ1) is 13.2. The van der Waals surface area contributed by atoms with Crippen molar-refractivity contribution in [3.63, 3.8) is 0 Å². The molecule has 0 spiro atoms. The van der Waals surface area contributed by atoms with Crippen LogP contribution in [0.5, 0.6) is 0 Å². The van der Waals surface area contributed by atoms with E-state index in [0.717, 1.165) is 29.6 Å². The van der Waals surface area contributed by atoms with Gasteiger partial charge in [-0.25, -0.2) is 0 Å². The van der Waals surface area contributed by atoms with Crippen LogP contribution in [-0.4, -0.2) is 10.4 Å². The zero-order chi connectivity index (χ0) is 18.6. The van der Waals surface area contributed by atoms with E-state index in [0.29, 0.717) is 6.54 Å². The van der Waals surface area contributed by atoms with Gasteiger partial charge < -0.3 is 4.57 Å². The average Bonchev–Trinajstić information content (AvgIpc) is 3.02. The lowest BCUT2D eigenvalue weighted by molar-refractivity contribution is 0.100. The normalized spacial score (nSPS) is 11.0. The molecule has 0 unspecified atom stereocenters. The molecule has 0 saturated heterocycles. The summed E-state index contributed by atoms with van der Waals surface area (Å²) in [5, 5.41) is 1.19. The molecule has 0 radical (unpaired) electrons. The first kappa shape index (κ1) is 17.3. The summed E-state index contributed by atoms with van der Waals surface area (Å²) in [6.45, 7) is 2.39. The number of para-hydroxylation sites is 1. The fourth-order valence-corrected chi connectivity index (χ4v) is 3.87. The van der Waals surface area contributed by atoms with E-state index < -0.39 is 0 Å². The van der Waals surface area contributed by atoms with Gasteiger partial charge in [-0.2, -0.15) is 0 Å². The van der Waals surface area contributed by atoms with Crippen LogP contribution >= 0.6 is 0 Å². The Balaban J connectivity index is 1.80. The molecule has 4 rings (SSSR count). The molecule has 134 valence electrons. The summed E-state index contributed by atoms with van der Waals surface area (Å²) in [5.74, 6) is 0.130. The van der Waals surface area contributed by atoms with Gasteiger partial charge in [0.25, 0.3) is 0 Å². The fourth-order valence-electron chi connectivity index (χ4n) is 3.87. The molecule has 27 heavy (non-hydrogen) atoms. The molecule has 3 aromatic carbocycles. The van der Waals surface area contributed by atoms with Gasteiger partial charge in [-0.1, -0.05) is 78.9 Å². The molecule has 0 N–H and O–H groups in total. The van der Waals surface area contributed by atoms with E-state index in [2.05, 4.69) is 65.2 Å². The zero-order valence-electron chi connectivity index (χ0n) is 15.6. The number of hydrogen-bond acceptors (Lipinski definition) is 1. The molecule has 0 aliphatic heterocycles. The lowest BCUT2D eigenvalue weighted by atomic mass is 10.0. The van der Waals surface area contributed by atoms with Gasteiger partial charge in [0.2, 0.25) is 0 Å². The number of carbonyl (C=O) groups is 1. The number of Topliss-reactive ketones (excluding diaryl/α,β-unsaturated/α-hetero) is 1. The summed E-state index contributed by atoms with van der Waals surface area (Å²) in [7, 11) is 0. The summed E-state index contributed by atoms with van der Waals surface area (Å²) in [5.41, 5.74) is 5.64. The summed E-state index contributed by atoms with van der Waals surface area (Å²) in [6.07, 6.45) is 1.79. The molecule has 1 aromatic heterocycles. The van der Waals surface area contributed by atoms with Gasteiger partial charge >= 0.3 is 0 Å². The Labute approximate surface area is 160 Å². The van der Waals surface area contributed by atoms with Gasteiger partial charge in [0.15, 0.2) is 5.78 Å².